The van der Waals surface area contributed by atoms with Gasteiger partial charge in [-0.1, -0.05) is 0 Å². The number of likely N-dealkylation sites (N-methyl/N-ethyl adjacent to an activating group) is 1. The normalized spacial score (nSPS) is 13.0. The van der Waals surface area contributed by atoms with Crippen LogP contribution in [0.4, 0.5) is 0 Å². The van der Waals surface area contributed by atoms with Gasteiger partial charge in [0.25, 0.3) is 11.5 Å². The number of nitrogens with zero attached hydrogens (tertiary/aromatic N) is 5. The fourth-order valence-electron chi connectivity index (χ4n) is 2.46. The average molecular weight is 419 g/mol. The standard InChI is InChI=1S/C14H22N5O2.HI/c1-6-19(5,7-2)10(3)14(21)18-9-15-12-11(18)13(20)16-8-17(12)4;/h8-10H,6-7H2,1-5H3;1H/q+1;/p-1. The molecule has 0 radical (unpaired) electrons. The highest BCUT2D eigenvalue weighted by Gasteiger charge is 2.33. The second-order valence-corrected chi connectivity index (χ2v) is 5.57. The zero-order valence-corrected chi connectivity index (χ0v) is 15.7. The maximum absolute atomic E-state index is 12.8. The smallest absolute Gasteiger partial charge is 0.299 e. The lowest BCUT2D eigenvalue weighted by molar-refractivity contribution is -0.919. The van der Waals surface area contributed by atoms with Crippen LogP contribution in [0.2, 0.25) is 0 Å². The number of hydrogen-bond donors (Lipinski definition) is 0. The monoisotopic (exact) mass is 419 g/mol. The molecule has 1 unspecified atom stereocenters. The van der Waals surface area contributed by atoms with E-state index in [1.54, 1.807) is 11.6 Å². The lowest BCUT2D eigenvalue weighted by Crippen LogP contribution is -3.00. The zero-order chi connectivity index (χ0) is 15.8. The maximum atomic E-state index is 12.8. The minimum atomic E-state index is -0.427. The Balaban J connectivity index is 0.00000242. The molecule has 2 heterocycles. The van der Waals surface area contributed by atoms with Crippen molar-refractivity contribution in [3.63, 3.8) is 0 Å². The van der Waals surface area contributed by atoms with Crippen LogP contribution < -0.4 is 29.5 Å². The highest BCUT2D eigenvalue weighted by Crippen LogP contribution is 2.14. The molecule has 0 saturated carbocycles. The third-order valence-electron chi connectivity index (χ3n) is 4.61. The highest BCUT2D eigenvalue weighted by molar-refractivity contribution is 5.91. The molecule has 0 amide bonds. The van der Waals surface area contributed by atoms with E-state index < -0.39 is 5.56 Å². The molecule has 0 bridgehead atoms. The van der Waals surface area contributed by atoms with E-state index in [2.05, 4.69) is 23.8 Å². The van der Waals surface area contributed by atoms with Crippen molar-refractivity contribution in [2.75, 3.05) is 20.1 Å². The Labute approximate surface area is 146 Å². The van der Waals surface area contributed by atoms with Crippen LogP contribution in [-0.2, 0) is 7.05 Å². The summed E-state index contributed by atoms with van der Waals surface area (Å²) >= 11 is 0. The van der Waals surface area contributed by atoms with E-state index in [4.69, 9.17) is 0 Å². The van der Waals surface area contributed by atoms with E-state index in [1.807, 2.05) is 14.0 Å². The Morgan fingerprint density at radius 3 is 2.41 bits per heavy atom. The van der Waals surface area contributed by atoms with Crippen molar-refractivity contribution in [2.45, 2.75) is 26.8 Å². The first-order chi connectivity index (χ1) is 9.85. The zero-order valence-electron chi connectivity index (χ0n) is 13.6. The number of carbonyl (C=O) groups excluding carboxylic acids is 1. The van der Waals surface area contributed by atoms with Crippen LogP contribution in [0, 0.1) is 0 Å². The van der Waals surface area contributed by atoms with Crippen LogP contribution in [0.15, 0.2) is 17.4 Å². The summed E-state index contributed by atoms with van der Waals surface area (Å²) in [5.74, 6) is -0.131. The van der Waals surface area contributed by atoms with Gasteiger partial charge in [-0.05, 0) is 20.8 Å². The Morgan fingerprint density at radius 1 is 1.27 bits per heavy atom. The van der Waals surface area contributed by atoms with Gasteiger partial charge in [-0.2, -0.15) is 4.98 Å². The maximum Gasteiger partial charge on any atom is 0.299 e. The van der Waals surface area contributed by atoms with Gasteiger partial charge < -0.3 is 33.0 Å². The second kappa shape index (κ2) is 6.86. The van der Waals surface area contributed by atoms with Crippen molar-refractivity contribution in [3.05, 3.63) is 23.0 Å². The summed E-state index contributed by atoms with van der Waals surface area (Å²) < 4.78 is 3.59. The van der Waals surface area contributed by atoms with E-state index >= 15 is 0 Å². The molecule has 1 atom stereocenters. The van der Waals surface area contributed by atoms with Crippen molar-refractivity contribution < 1.29 is 33.3 Å². The number of rotatable bonds is 4. The third-order valence-corrected chi connectivity index (χ3v) is 4.61. The van der Waals surface area contributed by atoms with E-state index in [0.29, 0.717) is 10.1 Å². The van der Waals surface area contributed by atoms with Gasteiger partial charge in [0.2, 0.25) is 0 Å². The number of aromatic nitrogens is 4. The van der Waals surface area contributed by atoms with Crippen LogP contribution in [-0.4, -0.2) is 55.7 Å². The molecule has 0 aromatic carbocycles. The number of halogens is 1. The highest BCUT2D eigenvalue weighted by atomic mass is 127. The minimum absolute atomic E-state index is 0. The van der Waals surface area contributed by atoms with E-state index in [9.17, 15) is 9.59 Å². The summed E-state index contributed by atoms with van der Waals surface area (Å²) in [6, 6.07) is -0.262. The van der Waals surface area contributed by atoms with Gasteiger partial charge in [0.15, 0.2) is 17.2 Å². The van der Waals surface area contributed by atoms with Crippen molar-refractivity contribution in [3.8, 4) is 0 Å². The molecule has 7 nitrogen and oxygen atoms in total. The molecule has 0 saturated heterocycles. The summed E-state index contributed by atoms with van der Waals surface area (Å²) in [6.07, 6.45) is 2.83. The van der Waals surface area contributed by atoms with Gasteiger partial charge >= 0.3 is 0 Å². The van der Waals surface area contributed by atoms with Crippen LogP contribution in [0.3, 0.4) is 0 Å². The number of quaternary nitrogens is 1. The first-order valence-electron chi connectivity index (χ1n) is 7.12. The lowest BCUT2D eigenvalue weighted by Gasteiger charge is -2.37. The van der Waals surface area contributed by atoms with Gasteiger partial charge in [0, 0.05) is 7.05 Å². The summed E-state index contributed by atoms with van der Waals surface area (Å²) in [5, 5.41) is 0. The van der Waals surface area contributed by atoms with Gasteiger partial charge in [0.05, 0.1) is 20.1 Å². The second-order valence-electron chi connectivity index (χ2n) is 5.57. The first-order valence-corrected chi connectivity index (χ1v) is 7.12. The minimum Gasteiger partial charge on any atom is -1.00 e. The Morgan fingerprint density at radius 2 is 1.86 bits per heavy atom. The molecule has 8 heteroatoms. The molecule has 0 aliphatic rings. The lowest BCUT2D eigenvalue weighted by atomic mass is 10.2. The summed E-state index contributed by atoms with van der Waals surface area (Å²) in [7, 11) is 3.79. The predicted molar refractivity (Wildman–Crippen MR) is 80.1 cm³/mol. The van der Waals surface area contributed by atoms with Crippen molar-refractivity contribution >= 4 is 17.1 Å². The topological polar surface area (TPSA) is 69.8 Å². The number of fused-ring (bicyclic) bond motifs is 1. The Kier molecular flexibility index (Phi) is 5.85. The van der Waals surface area contributed by atoms with Crippen LogP contribution in [0.5, 0.6) is 0 Å². The first kappa shape index (κ1) is 18.8. The SMILES string of the molecule is CC[N+](C)(CC)C(C)C(=O)n1cnc2c1c(=O)ncn2C.[I-]. The molecule has 22 heavy (non-hydrogen) atoms. The molecule has 0 fully saturated rings. The number of hydrogen-bond acceptors (Lipinski definition) is 4. The fourth-order valence-corrected chi connectivity index (χ4v) is 2.46. The number of aryl methyl sites for hydroxylation is 1. The molecule has 122 valence electrons. The molecule has 0 spiro atoms. The molecular weight excluding hydrogens is 397 g/mol. The number of carbonyl (C=O) groups is 1. The molecule has 2 rings (SSSR count). The molecule has 0 aliphatic heterocycles. The molecular formula is C14H22IN5O2. The van der Waals surface area contributed by atoms with Gasteiger partial charge in [0.1, 0.15) is 12.7 Å². The number of imidazole rings is 1. The van der Waals surface area contributed by atoms with E-state index in [-0.39, 0.29) is 41.4 Å². The quantitative estimate of drug-likeness (QED) is 0.411. The van der Waals surface area contributed by atoms with Crippen molar-refractivity contribution in [1.29, 1.82) is 0 Å². The van der Waals surface area contributed by atoms with Crippen molar-refractivity contribution in [1.82, 2.24) is 19.1 Å². The fraction of sp³-hybridized carbons (Fsp3) is 0.571. The predicted octanol–water partition coefficient (Wildman–Crippen LogP) is -2.35. The van der Waals surface area contributed by atoms with Crippen LogP contribution in [0.1, 0.15) is 25.6 Å². The average Bonchev–Trinajstić information content (AvgIpc) is 2.94. The van der Waals surface area contributed by atoms with Gasteiger partial charge in [-0.15, -0.1) is 0 Å². The summed E-state index contributed by atoms with van der Waals surface area (Å²) in [4.78, 5) is 32.7. The van der Waals surface area contributed by atoms with E-state index in [1.165, 1.54) is 17.2 Å². The summed E-state index contributed by atoms with van der Waals surface area (Å²) in [6.45, 7) is 7.68. The Bertz CT molecular complexity index is 732. The Hall–Kier alpha value is -1.29. The van der Waals surface area contributed by atoms with Crippen molar-refractivity contribution in [2.24, 2.45) is 7.05 Å². The van der Waals surface area contributed by atoms with Crippen LogP contribution in [0.25, 0.3) is 11.2 Å². The molecule has 0 N–H and O–H groups in total. The van der Waals surface area contributed by atoms with Crippen LogP contribution >= 0.6 is 0 Å². The third kappa shape index (κ3) is 2.94. The van der Waals surface area contributed by atoms with E-state index in [0.717, 1.165) is 13.1 Å². The summed E-state index contributed by atoms with van der Waals surface area (Å²) in [5.41, 5.74) is 0.289. The largest absolute Gasteiger partial charge is 1.00 e. The van der Waals surface area contributed by atoms with Gasteiger partial charge in [-0.3, -0.25) is 14.2 Å². The van der Waals surface area contributed by atoms with Gasteiger partial charge in [-0.25, -0.2) is 4.98 Å². The molecule has 2 aromatic heterocycles. The molecule has 2 aromatic rings. The molecule has 0 aliphatic carbocycles.